The zero-order chi connectivity index (χ0) is 65.1. The monoisotopic (exact) mass is 1250 g/mol. The minimum atomic E-state index is -0.909. The molecule has 0 radical (unpaired) electrons. The number of hydrogen-bond acceptors (Lipinski definition) is 13. The standard InChI is InChI=1S/C25H28N4O2S.C25H26N4OS.C24H25NO3/c1-25(2,3)22(17-7-9-19(10-8-17)23(30)28-29-24(26)32)18-11-13-21(14-12-18)31-16-20-6-4-5-15-27-20;1-25(2,3)22(17-7-9-19(10-8-17)23-28-29-24(26)31-23)18-11-13-21(14-12-18)30-16-20-6-4-5-15-27-20;1-24(2,3)22(17-7-9-19(10-8-17)23(26)27)18-11-13-21(14-12-18)28-16-20-6-4-5-15-25-20/h4-15,22H,16H2,1-3H3,(H,28,30)(H3,26,29,32);4-15,22H,16H2,1-3H3,(H2,26,29);4-15,22H,16H2,1-3H3,(H,26,27). The van der Waals surface area contributed by atoms with Gasteiger partial charge in [0.1, 0.15) is 42.1 Å². The maximum absolute atomic E-state index is 12.2. The Bertz CT molecular complexity index is 3900. The van der Waals surface area contributed by atoms with Gasteiger partial charge in [0, 0.05) is 47.5 Å². The number of nitrogens with two attached hydrogens (primary N) is 2. The summed E-state index contributed by atoms with van der Waals surface area (Å²) in [5.41, 5.74) is 27.6. The van der Waals surface area contributed by atoms with Crippen LogP contribution in [0.2, 0.25) is 0 Å². The number of hydrazine groups is 1. The van der Waals surface area contributed by atoms with Gasteiger partial charge in [-0.05, 0) is 159 Å². The number of anilines is 1. The summed E-state index contributed by atoms with van der Waals surface area (Å²) >= 11 is 6.10. The lowest BCUT2D eigenvalue weighted by atomic mass is 9.72. The van der Waals surface area contributed by atoms with E-state index < -0.39 is 5.97 Å². The number of carbonyl (C=O) groups is 2. The van der Waals surface area contributed by atoms with E-state index in [1.807, 2.05) is 115 Å². The van der Waals surface area contributed by atoms with Gasteiger partial charge in [0.25, 0.3) is 5.91 Å². The number of carboxylic acids is 1. The largest absolute Gasteiger partial charge is 0.487 e. The first-order chi connectivity index (χ1) is 43.5. The molecule has 0 bridgehead atoms. The molecule has 3 atom stereocenters. The molecule has 15 nitrogen and oxygen atoms in total. The number of amides is 1. The molecule has 91 heavy (non-hydrogen) atoms. The second kappa shape index (κ2) is 31.1. The van der Waals surface area contributed by atoms with Crippen LogP contribution in [0, 0.1) is 16.2 Å². The van der Waals surface area contributed by atoms with Crippen LogP contribution in [-0.2, 0) is 19.8 Å². The van der Waals surface area contributed by atoms with Crippen LogP contribution in [0.15, 0.2) is 219 Å². The van der Waals surface area contributed by atoms with Crippen molar-refractivity contribution >= 4 is 45.7 Å². The van der Waals surface area contributed by atoms with E-state index in [9.17, 15) is 9.59 Å². The molecule has 4 heterocycles. The highest BCUT2D eigenvalue weighted by molar-refractivity contribution is 7.80. The third-order valence-electron chi connectivity index (χ3n) is 14.8. The van der Waals surface area contributed by atoms with E-state index in [4.69, 9.17) is 43.0 Å². The van der Waals surface area contributed by atoms with Crippen molar-refractivity contribution in [1.29, 1.82) is 0 Å². The van der Waals surface area contributed by atoms with Crippen molar-refractivity contribution < 1.29 is 28.9 Å². The number of pyridine rings is 3. The van der Waals surface area contributed by atoms with Gasteiger partial charge in [-0.2, -0.15) is 0 Å². The maximum atomic E-state index is 12.2. The van der Waals surface area contributed by atoms with Crippen molar-refractivity contribution in [3.63, 3.8) is 0 Å². The smallest absolute Gasteiger partial charge is 0.335 e. The molecule has 3 unspecified atom stereocenters. The lowest BCUT2D eigenvalue weighted by Crippen LogP contribution is -2.44. The van der Waals surface area contributed by atoms with E-state index in [-0.39, 0.29) is 45.0 Å². The molecule has 0 spiro atoms. The number of rotatable bonds is 18. The van der Waals surface area contributed by atoms with Crippen LogP contribution in [0.25, 0.3) is 10.6 Å². The SMILES string of the molecule is CC(C)(C)C(c1ccc(OCc2ccccn2)cc1)c1ccc(-c2nnc(N)s2)cc1.CC(C)(C)C(c1ccc(OCc2ccccn2)cc1)c1ccc(C(=O)NNC(N)=S)cc1.CC(C)(C)C(c1ccc(OCc2ccccn2)cc1)c1ccc(C(=O)O)cc1. The van der Waals surface area contributed by atoms with Gasteiger partial charge in [0.05, 0.1) is 22.6 Å². The fourth-order valence-electron chi connectivity index (χ4n) is 10.8. The molecular formula is C74H79N9O6S2. The number of aromatic nitrogens is 5. The van der Waals surface area contributed by atoms with Gasteiger partial charge < -0.3 is 30.8 Å². The minimum absolute atomic E-state index is 0.00947. The number of carbonyl (C=O) groups excluding carboxylic acids is 1. The fraction of sp³-hybridized carbons (Fsp3) is 0.243. The Balaban J connectivity index is 0.000000176. The molecule has 7 N–H and O–H groups in total. The van der Waals surface area contributed by atoms with Crippen molar-refractivity contribution in [1.82, 2.24) is 36.0 Å². The molecule has 0 saturated carbocycles. The normalized spacial score (nSPS) is 12.3. The molecule has 17 heteroatoms. The van der Waals surface area contributed by atoms with Crippen molar-refractivity contribution in [2.24, 2.45) is 22.0 Å². The minimum Gasteiger partial charge on any atom is -0.487 e. The molecular weight excluding hydrogens is 1180 g/mol. The number of aromatic carboxylic acids is 1. The van der Waals surface area contributed by atoms with E-state index in [0.717, 1.165) is 56.0 Å². The van der Waals surface area contributed by atoms with E-state index in [2.05, 4.69) is 159 Å². The summed E-state index contributed by atoms with van der Waals surface area (Å²) < 4.78 is 17.6. The molecule has 6 aromatic carbocycles. The third kappa shape index (κ3) is 19.8. The number of nitrogens with zero attached hydrogens (tertiary/aromatic N) is 5. The summed E-state index contributed by atoms with van der Waals surface area (Å²) in [5, 5.41) is 18.5. The number of hydrogen-bond donors (Lipinski definition) is 5. The number of thiocarbonyl (C=S) groups is 1. The predicted octanol–water partition coefficient (Wildman–Crippen LogP) is 15.8. The number of ether oxygens (including phenoxy) is 3. The Morgan fingerprint density at radius 3 is 1.05 bits per heavy atom. The topological polar surface area (TPSA) is 223 Å². The third-order valence-corrected chi connectivity index (χ3v) is 15.7. The number of benzene rings is 6. The Morgan fingerprint density at radius 2 is 0.780 bits per heavy atom. The molecule has 4 aromatic heterocycles. The molecule has 468 valence electrons. The highest BCUT2D eigenvalue weighted by Crippen LogP contribution is 2.44. The van der Waals surface area contributed by atoms with Crippen molar-refractivity contribution in [3.05, 3.63) is 280 Å². The first-order valence-corrected chi connectivity index (χ1v) is 31.1. The molecule has 0 saturated heterocycles. The lowest BCUT2D eigenvalue weighted by molar-refractivity contribution is 0.0696. The summed E-state index contributed by atoms with van der Waals surface area (Å²) in [7, 11) is 0. The van der Waals surface area contributed by atoms with Crippen molar-refractivity contribution in [2.75, 3.05) is 5.73 Å². The van der Waals surface area contributed by atoms with Gasteiger partial charge >= 0.3 is 5.97 Å². The summed E-state index contributed by atoms with van der Waals surface area (Å²) in [5.74, 6) is 1.74. The van der Waals surface area contributed by atoms with Crippen LogP contribution < -0.4 is 36.5 Å². The molecule has 10 rings (SSSR count). The number of nitrogen functional groups attached to an aromatic ring is 1. The number of nitrogens with one attached hydrogen (secondary N) is 2. The molecule has 0 aliphatic heterocycles. The first-order valence-electron chi connectivity index (χ1n) is 29.8. The van der Waals surface area contributed by atoms with Crippen LogP contribution in [0.1, 0.15) is 151 Å². The average Bonchev–Trinajstić information content (AvgIpc) is 1.86. The zero-order valence-corrected chi connectivity index (χ0v) is 54.5. The van der Waals surface area contributed by atoms with Gasteiger partial charge in [-0.25, -0.2) is 4.79 Å². The van der Waals surface area contributed by atoms with E-state index in [1.165, 1.54) is 33.6 Å². The van der Waals surface area contributed by atoms with Gasteiger partial charge in [-0.3, -0.25) is 30.6 Å². The molecule has 0 aliphatic rings. The molecule has 0 aliphatic carbocycles. The molecule has 0 fully saturated rings. The maximum Gasteiger partial charge on any atom is 0.335 e. The van der Waals surface area contributed by atoms with E-state index in [0.29, 0.717) is 36.1 Å². The van der Waals surface area contributed by atoms with Gasteiger partial charge in [-0.1, -0.05) is 177 Å². The summed E-state index contributed by atoms with van der Waals surface area (Å²) in [6, 6.07) is 65.3. The quantitative estimate of drug-likeness (QED) is 0.0398. The lowest BCUT2D eigenvalue weighted by Gasteiger charge is -2.32. The Morgan fingerprint density at radius 1 is 0.462 bits per heavy atom. The van der Waals surface area contributed by atoms with Crippen LogP contribution >= 0.6 is 23.6 Å². The molecule has 1 amide bonds. The highest BCUT2D eigenvalue weighted by Gasteiger charge is 2.31. The van der Waals surface area contributed by atoms with Crippen molar-refractivity contribution in [2.45, 2.75) is 99.9 Å². The second-order valence-corrected chi connectivity index (χ2v) is 26.4. The first kappa shape index (κ1) is 67.1. The van der Waals surface area contributed by atoms with Crippen LogP contribution in [0.3, 0.4) is 0 Å². The van der Waals surface area contributed by atoms with Gasteiger partial charge in [0.2, 0.25) is 5.13 Å². The zero-order valence-electron chi connectivity index (χ0n) is 52.8. The summed E-state index contributed by atoms with van der Waals surface area (Å²) in [6.07, 6.45) is 5.29. The van der Waals surface area contributed by atoms with Crippen molar-refractivity contribution in [3.8, 4) is 27.8 Å². The van der Waals surface area contributed by atoms with E-state index >= 15 is 0 Å². The number of carboxylic acid groups (broad SMARTS) is 1. The summed E-state index contributed by atoms with van der Waals surface area (Å²) in [6.45, 7) is 21.3. The van der Waals surface area contributed by atoms with E-state index in [1.54, 1.807) is 42.9 Å². The predicted molar refractivity (Wildman–Crippen MR) is 366 cm³/mol. The Kier molecular flexibility index (Phi) is 22.9. The van der Waals surface area contributed by atoms with Crippen LogP contribution in [-0.4, -0.2) is 47.2 Å². The second-order valence-electron chi connectivity index (χ2n) is 25.0. The fourth-order valence-corrected chi connectivity index (χ4v) is 11.4. The molecule has 10 aromatic rings. The Labute approximate surface area is 543 Å². The van der Waals surface area contributed by atoms with Gasteiger partial charge in [-0.15, -0.1) is 10.2 Å². The highest BCUT2D eigenvalue weighted by atomic mass is 32.1. The van der Waals surface area contributed by atoms with Crippen LogP contribution in [0.4, 0.5) is 5.13 Å². The van der Waals surface area contributed by atoms with Crippen LogP contribution in [0.5, 0.6) is 17.2 Å². The Hall–Kier alpha value is -9.84. The average molecular weight is 1250 g/mol. The summed E-state index contributed by atoms with van der Waals surface area (Å²) in [4.78, 5) is 36.2. The van der Waals surface area contributed by atoms with Gasteiger partial charge in [0.15, 0.2) is 5.11 Å².